The second-order valence-electron chi connectivity index (χ2n) is 9.11. The average molecular weight is 585 g/mol. The van der Waals surface area contributed by atoms with E-state index in [1.165, 1.54) is 51.8 Å². The lowest BCUT2D eigenvalue weighted by atomic mass is 10.1. The molecule has 42 heavy (non-hydrogen) atoms. The van der Waals surface area contributed by atoms with Crippen LogP contribution in [0.15, 0.2) is 108 Å². The predicted molar refractivity (Wildman–Crippen MR) is 157 cm³/mol. The van der Waals surface area contributed by atoms with Crippen LogP contribution in [0.5, 0.6) is 23.0 Å². The van der Waals surface area contributed by atoms with Crippen molar-refractivity contribution in [3.8, 4) is 34.4 Å². The molecular formula is C32H28N2O7S. The van der Waals surface area contributed by atoms with E-state index in [-0.39, 0.29) is 33.5 Å². The Bertz CT molecular complexity index is 1780. The quantitative estimate of drug-likeness (QED) is 0.184. The molecule has 1 heterocycles. The minimum atomic E-state index is -4.10. The smallest absolute Gasteiger partial charge is 0.269 e. The molecule has 0 radical (unpaired) electrons. The van der Waals surface area contributed by atoms with Crippen LogP contribution in [0, 0.1) is 0 Å². The standard InChI is InChI=1S/C32H28N2O7S/c1-38-28-18-24(19-29(39-2)31(28)40-3)30(35)27-20-34(42(36,37)26-12-8-5-9-13-26)32(33-27)23-14-16-25(17-15-23)41-21-22-10-6-4-7-11-22/h4-20H,21H2,1-3H3. The zero-order valence-corrected chi connectivity index (χ0v) is 24.0. The van der Waals surface area contributed by atoms with Crippen LogP contribution in [0.4, 0.5) is 0 Å². The van der Waals surface area contributed by atoms with Gasteiger partial charge in [0.1, 0.15) is 18.1 Å². The normalized spacial score (nSPS) is 11.1. The molecule has 0 saturated carbocycles. The largest absolute Gasteiger partial charge is 0.493 e. The monoisotopic (exact) mass is 584 g/mol. The average Bonchev–Trinajstić information content (AvgIpc) is 3.50. The van der Waals surface area contributed by atoms with E-state index in [4.69, 9.17) is 18.9 Å². The highest BCUT2D eigenvalue weighted by atomic mass is 32.2. The molecule has 0 bridgehead atoms. The van der Waals surface area contributed by atoms with Crippen molar-refractivity contribution in [2.45, 2.75) is 11.5 Å². The van der Waals surface area contributed by atoms with E-state index < -0.39 is 15.8 Å². The predicted octanol–water partition coefficient (Wildman–Crippen LogP) is 5.62. The number of rotatable bonds is 11. The van der Waals surface area contributed by atoms with Crippen molar-refractivity contribution in [2.75, 3.05) is 21.3 Å². The van der Waals surface area contributed by atoms with Crippen LogP contribution >= 0.6 is 0 Å². The summed E-state index contributed by atoms with van der Waals surface area (Å²) in [6.07, 6.45) is 1.23. The van der Waals surface area contributed by atoms with Gasteiger partial charge in [-0.2, -0.15) is 0 Å². The highest BCUT2D eigenvalue weighted by Crippen LogP contribution is 2.39. The molecule has 5 aromatic rings. The zero-order chi connectivity index (χ0) is 29.7. The summed E-state index contributed by atoms with van der Waals surface area (Å²) >= 11 is 0. The van der Waals surface area contributed by atoms with Crippen LogP contribution in [0.3, 0.4) is 0 Å². The fourth-order valence-corrected chi connectivity index (χ4v) is 5.70. The van der Waals surface area contributed by atoms with Gasteiger partial charge in [0.15, 0.2) is 17.3 Å². The molecule has 0 N–H and O–H groups in total. The molecule has 9 nitrogen and oxygen atoms in total. The summed E-state index contributed by atoms with van der Waals surface area (Å²) in [6.45, 7) is 0.380. The fraction of sp³-hybridized carbons (Fsp3) is 0.125. The Labute approximate surface area is 243 Å². The van der Waals surface area contributed by atoms with Gasteiger partial charge >= 0.3 is 0 Å². The number of ketones is 1. The number of hydrogen-bond donors (Lipinski definition) is 0. The van der Waals surface area contributed by atoms with Gasteiger partial charge in [0, 0.05) is 11.1 Å². The van der Waals surface area contributed by atoms with Gasteiger partial charge in [-0.15, -0.1) is 0 Å². The maximum absolute atomic E-state index is 13.7. The number of ether oxygens (including phenoxy) is 4. The van der Waals surface area contributed by atoms with Gasteiger partial charge in [-0.1, -0.05) is 48.5 Å². The number of benzene rings is 4. The molecule has 0 aliphatic rings. The van der Waals surface area contributed by atoms with Crippen LogP contribution < -0.4 is 18.9 Å². The van der Waals surface area contributed by atoms with Crippen molar-refractivity contribution in [3.05, 3.63) is 120 Å². The topological polar surface area (TPSA) is 106 Å². The van der Waals surface area contributed by atoms with Gasteiger partial charge in [0.25, 0.3) is 10.0 Å². The molecule has 0 spiro atoms. The Morgan fingerprint density at radius 2 is 1.38 bits per heavy atom. The summed E-state index contributed by atoms with van der Waals surface area (Å²) in [5.74, 6) is 1.03. The molecule has 4 aromatic carbocycles. The summed E-state index contributed by atoms with van der Waals surface area (Å²) in [5.41, 5.74) is 1.59. The lowest BCUT2D eigenvalue weighted by Gasteiger charge is -2.13. The van der Waals surface area contributed by atoms with Gasteiger partial charge in [0.05, 0.1) is 32.4 Å². The van der Waals surface area contributed by atoms with Crippen LogP contribution in [0.1, 0.15) is 21.6 Å². The van der Waals surface area contributed by atoms with E-state index in [2.05, 4.69) is 4.98 Å². The number of carbonyl (C=O) groups is 1. The SMILES string of the molecule is COc1cc(C(=O)c2cn(S(=O)(=O)c3ccccc3)c(-c3ccc(OCc4ccccc4)cc3)n2)cc(OC)c1OC. The van der Waals surface area contributed by atoms with E-state index >= 15 is 0 Å². The van der Waals surface area contributed by atoms with Crippen LogP contribution in [0.25, 0.3) is 11.4 Å². The van der Waals surface area contributed by atoms with Crippen molar-refractivity contribution in [1.82, 2.24) is 8.96 Å². The molecule has 0 atom stereocenters. The van der Waals surface area contributed by atoms with Gasteiger partial charge in [-0.3, -0.25) is 4.79 Å². The number of nitrogens with zero attached hydrogens (tertiary/aromatic N) is 2. The number of imidazole rings is 1. The molecule has 1 aromatic heterocycles. The number of methoxy groups -OCH3 is 3. The van der Waals surface area contributed by atoms with Crippen LogP contribution in [0.2, 0.25) is 0 Å². The second-order valence-corrected chi connectivity index (χ2v) is 10.9. The van der Waals surface area contributed by atoms with E-state index in [0.717, 1.165) is 9.54 Å². The van der Waals surface area contributed by atoms with Gasteiger partial charge in [-0.05, 0) is 54.1 Å². The summed E-state index contributed by atoms with van der Waals surface area (Å²) in [7, 11) is 0.242. The maximum Gasteiger partial charge on any atom is 0.269 e. The maximum atomic E-state index is 13.7. The molecule has 5 rings (SSSR count). The first-order valence-corrected chi connectivity index (χ1v) is 14.3. The summed E-state index contributed by atoms with van der Waals surface area (Å²) in [4.78, 5) is 18.2. The number of carbonyl (C=O) groups excluding carboxylic acids is 1. The van der Waals surface area contributed by atoms with Crippen LogP contribution in [-0.2, 0) is 16.6 Å². The second kappa shape index (κ2) is 12.2. The third-order valence-electron chi connectivity index (χ3n) is 6.50. The molecule has 0 amide bonds. The Morgan fingerprint density at radius 3 is 1.95 bits per heavy atom. The third-order valence-corrected chi connectivity index (χ3v) is 8.16. The minimum absolute atomic E-state index is 0.0539. The van der Waals surface area contributed by atoms with Crippen molar-refractivity contribution in [2.24, 2.45) is 0 Å². The van der Waals surface area contributed by atoms with Gasteiger partial charge in [0.2, 0.25) is 11.5 Å². The summed E-state index contributed by atoms with van der Waals surface area (Å²) < 4.78 is 50.5. The van der Waals surface area contributed by atoms with Crippen molar-refractivity contribution >= 4 is 15.8 Å². The molecule has 10 heteroatoms. The molecule has 214 valence electrons. The van der Waals surface area contributed by atoms with Gasteiger partial charge in [-0.25, -0.2) is 17.4 Å². The third kappa shape index (κ3) is 5.70. The van der Waals surface area contributed by atoms with E-state index in [9.17, 15) is 13.2 Å². The first kappa shape index (κ1) is 28.4. The molecule has 0 fully saturated rings. The first-order valence-electron chi connectivity index (χ1n) is 12.9. The first-order chi connectivity index (χ1) is 20.3. The van der Waals surface area contributed by atoms with Crippen molar-refractivity contribution < 1.29 is 32.2 Å². The Morgan fingerprint density at radius 1 is 0.786 bits per heavy atom. The van der Waals surface area contributed by atoms with E-state index in [1.807, 2.05) is 30.3 Å². The van der Waals surface area contributed by atoms with Crippen molar-refractivity contribution in [3.63, 3.8) is 0 Å². The molecule has 0 saturated heterocycles. The molecule has 0 aliphatic carbocycles. The molecule has 0 unspecified atom stereocenters. The highest BCUT2D eigenvalue weighted by molar-refractivity contribution is 7.90. The van der Waals surface area contributed by atoms with E-state index in [0.29, 0.717) is 23.7 Å². The van der Waals surface area contributed by atoms with E-state index in [1.54, 1.807) is 42.5 Å². The van der Waals surface area contributed by atoms with Gasteiger partial charge < -0.3 is 18.9 Å². The minimum Gasteiger partial charge on any atom is -0.493 e. The van der Waals surface area contributed by atoms with Crippen molar-refractivity contribution in [1.29, 1.82) is 0 Å². The summed E-state index contributed by atoms with van der Waals surface area (Å²) in [5, 5.41) is 0. The number of aromatic nitrogens is 2. The highest BCUT2D eigenvalue weighted by Gasteiger charge is 2.27. The summed E-state index contributed by atoms with van der Waals surface area (Å²) in [6, 6.07) is 27.5. The number of hydrogen-bond acceptors (Lipinski definition) is 8. The Balaban J connectivity index is 1.55. The zero-order valence-electron chi connectivity index (χ0n) is 23.2. The lowest BCUT2D eigenvalue weighted by molar-refractivity contribution is 0.103. The fourth-order valence-electron chi connectivity index (χ4n) is 4.36. The molecule has 0 aliphatic heterocycles. The Kier molecular flexibility index (Phi) is 8.26. The van der Waals surface area contributed by atoms with Crippen LogP contribution in [-0.4, -0.2) is 44.5 Å². The molecular weight excluding hydrogens is 556 g/mol. The Hall–Kier alpha value is -5.09. The lowest BCUT2D eigenvalue weighted by Crippen LogP contribution is -2.13.